The Bertz CT molecular complexity index is 371. The second-order valence-corrected chi connectivity index (χ2v) is 8.14. The molecule has 0 aromatic heterocycles. The van der Waals surface area contributed by atoms with Crippen molar-refractivity contribution in [2.75, 3.05) is 0 Å². The zero-order chi connectivity index (χ0) is 17.5. The molecule has 2 N–H and O–H groups in total. The van der Waals surface area contributed by atoms with Crippen LogP contribution in [-0.4, -0.2) is 23.0 Å². The molecule has 1 saturated heterocycles. The minimum atomic E-state index is 0.0993. The van der Waals surface area contributed by atoms with Gasteiger partial charge in [-0.3, -0.25) is 4.79 Å². The summed E-state index contributed by atoms with van der Waals surface area (Å²) in [7, 11) is 0. The molecule has 3 nitrogen and oxygen atoms in total. The molecule has 1 heterocycles. The molecular formula is C20H40N2O. The lowest BCUT2D eigenvalue weighted by molar-refractivity contribution is -0.123. The molecule has 0 bridgehead atoms. The van der Waals surface area contributed by atoms with E-state index in [1.54, 1.807) is 0 Å². The Balaban J connectivity index is 2.57. The molecule has 1 rings (SSSR count). The van der Waals surface area contributed by atoms with E-state index in [1.807, 2.05) is 0 Å². The van der Waals surface area contributed by atoms with Gasteiger partial charge in [-0.05, 0) is 45.4 Å². The van der Waals surface area contributed by atoms with Gasteiger partial charge in [0.25, 0.3) is 0 Å². The second-order valence-electron chi connectivity index (χ2n) is 8.14. The van der Waals surface area contributed by atoms with Crippen molar-refractivity contribution in [1.29, 1.82) is 0 Å². The van der Waals surface area contributed by atoms with Gasteiger partial charge in [-0.2, -0.15) is 0 Å². The lowest BCUT2D eigenvalue weighted by atomic mass is 9.69. The van der Waals surface area contributed by atoms with Gasteiger partial charge in [0, 0.05) is 23.5 Å². The van der Waals surface area contributed by atoms with E-state index in [2.05, 4.69) is 52.2 Å². The summed E-state index contributed by atoms with van der Waals surface area (Å²) in [5, 5.41) is 7.23. The Hall–Kier alpha value is -0.570. The van der Waals surface area contributed by atoms with Crippen LogP contribution < -0.4 is 10.6 Å². The predicted octanol–water partition coefficient (Wildman–Crippen LogP) is 4.80. The molecule has 0 radical (unpaired) electrons. The molecule has 1 aliphatic heterocycles. The van der Waals surface area contributed by atoms with Crippen LogP contribution in [0.1, 0.15) is 99.3 Å². The van der Waals surface area contributed by atoms with Crippen molar-refractivity contribution in [2.24, 2.45) is 5.92 Å². The third-order valence-corrected chi connectivity index (χ3v) is 6.23. The average molecular weight is 325 g/mol. The maximum absolute atomic E-state index is 12.4. The highest BCUT2D eigenvalue weighted by Gasteiger charge is 2.46. The molecule has 0 spiro atoms. The van der Waals surface area contributed by atoms with Gasteiger partial charge in [-0.25, -0.2) is 0 Å². The first-order chi connectivity index (χ1) is 10.8. The van der Waals surface area contributed by atoms with E-state index in [-0.39, 0.29) is 23.0 Å². The summed E-state index contributed by atoms with van der Waals surface area (Å²) in [6.45, 7) is 13.6. The molecule has 1 aliphatic rings. The van der Waals surface area contributed by atoms with Crippen LogP contribution in [0.4, 0.5) is 0 Å². The molecule has 1 fully saturated rings. The number of carbonyl (C=O) groups is 1. The van der Waals surface area contributed by atoms with Crippen LogP contribution in [0.2, 0.25) is 0 Å². The third kappa shape index (κ3) is 5.77. The normalized spacial score (nSPS) is 34.3. The Morgan fingerprint density at radius 2 is 1.74 bits per heavy atom. The summed E-state index contributed by atoms with van der Waals surface area (Å²) < 4.78 is 0. The topological polar surface area (TPSA) is 41.1 Å². The van der Waals surface area contributed by atoms with Crippen LogP contribution in [-0.2, 0) is 4.79 Å². The summed E-state index contributed by atoms with van der Waals surface area (Å²) in [6, 6.07) is 0.286. The number of carbonyl (C=O) groups excluding carboxylic acids is 1. The molecule has 136 valence electrons. The molecule has 3 heteroatoms. The number of amides is 1. The van der Waals surface area contributed by atoms with Crippen molar-refractivity contribution in [3.63, 3.8) is 0 Å². The summed E-state index contributed by atoms with van der Waals surface area (Å²) in [5.74, 6) is 0.702. The highest BCUT2D eigenvalue weighted by molar-refractivity contribution is 5.76. The van der Waals surface area contributed by atoms with Gasteiger partial charge in [0.05, 0.1) is 0 Å². The number of piperidine rings is 1. The molecule has 0 aromatic rings. The Labute approximate surface area is 144 Å². The average Bonchev–Trinajstić information content (AvgIpc) is 2.52. The monoisotopic (exact) mass is 324 g/mol. The summed E-state index contributed by atoms with van der Waals surface area (Å²) in [6.07, 6.45) is 9.92. The number of unbranched alkanes of at least 4 members (excludes halogenated alkanes) is 4. The summed E-state index contributed by atoms with van der Waals surface area (Å²) in [4.78, 5) is 12.4. The highest BCUT2D eigenvalue weighted by Crippen LogP contribution is 2.37. The van der Waals surface area contributed by atoms with Crippen molar-refractivity contribution in [1.82, 2.24) is 10.6 Å². The Morgan fingerprint density at radius 1 is 1.09 bits per heavy atom. The number of nitrogens with one attached hydrogen (secondary N) is 2. The quantitative estimate of drug-likeness (QED) is 0.598. The van der Waals surface area contributed by atoms with E-state index in [0.29, 0.717) is 12.3 Å². The first-order valence-corrected chi connectivity index (χ1v) is 9.89. The van der Waals surface area contributed by atoms with Gasteiger partial charge in [0.1, 0.15) is 0 Å². The van der Waals surface area contributed by atoms with Crippen molar-refractivity contribution in [3.8, 4) is 0 Å². The van der Waals surface area contributed by atoms with Crippen LogP contribution in [0.5, 0.6) is 0 Å². The fraction of sp³-hybridized carbons (Fsp3) is 0.950. The van der Waals surface area contributed by atoms with Crippen molar-refractivity contribution in [3.05, 3.63) is 0 Å². The zero-order valence-electron chi connectivity index (χ0n) is 16.4. The van der Waals surface area contributed by atoms with Crippen LogP contribution >= 0.6 is 0 Å². The third-order valence-electron chi connectivity index (χ3n) is 6.23. The highest BCUT2D eigenvalue weighted by atomic mass is 16.1. The van der Waals surface area contributed by atoms with E-state index in [1.165, 1.54) is 25.7 Å². The zero-order valence-corrected chi connectivity index (χ0v) is 16.4. The van der Waals surface area contributed by atoms with Crippen LogP contribution in [0.3, 0.4) is 0 Å². The fourth-order valence-corrected chi connectivity index (χ4v) is 3.95. The van der Waals surface area contributed by atoms with E-state index < -0.39 is 0 Å². The lowest BCUT2D eigenvalue weighted by Crippen LogP contribution is -2.68. The minimum absolute atomic E-state index is 0.0993. The van der Waals surface area contributed by atoms with E-state index in [4.69, 9.17) is 0 Å². The van der Waals surface area contributed by atoms with Gasteiger partial charge in [0.15, 0.2) is 0 Å². The van der Waals surface area contributed by atoms with Gasteiger partial charge < -0.3 is 10.6 Å². The van der Waals surface area contributed by atoms with Crippen LogP contribution in [0.15, 0.2) is 0 Å². The standard InChI is InChI=1S/C20H40N2O/c1-7-10-11-12-13-14-18(23)21-17-15-19(5,8-2)22-20(6,9-3)16(17)4/h16-17,22H,7-15H2,1-6H3,(H,21,23). The van der Waals surface area contributed by atoms with E-state index in [9.17, 15) is 4.79 Å². The fourth-order valence-electron chi connectivity index (χ4n) is 3.95. The lowest BCUT2D eigenvalue weighted by Gasteiger charge is -2.53. The SMILES string of the molecule is CCCCCCCC(=O)NC1CC(C)(CC)NC(C)(CC)C1C. The second kappa shape index (κ2) is 9.05. The maximum Gasteiger partial charge on any atom is 0.220 e. The first kappa shape index (κ1) is 20.5. The molecule has 23 heavy (non-hydrogen) atoms. The Morgan fingerprint density at radius 3 is 2.30 bits per heavy atom. The van der Waals surface area contributed by atoms with Gasteiger partial charge in [-0.15, -0.1) is 0 Å². The van der Waals surface area contributed by atoms with Crippen LogP contribution in [0, 0.1) is 5.92 Å². The molecule has 0 aromatic carbocycles. The van der Waals surface area contributed by atoms with Crippen LogP contribution in [0.25, 0.3) is 0 Å². The van der Waals surface area contributed by atoms with E-state index in [0.717, 1.165) is 25.7 Å². The first-order valence-electron chi connectivity index (χ1n) is 9.89. The summed E-state index contributed by atoms with van der Waals surface area (Å²) >= 11 is 0. The van der Waals surface area contributed by atoms with Crippen molar-refractivity contribution >= 4 is 5.91 Å². The smallest absolute Gasteiger partial charge is 0.220 e. The largest absolute Gasteiger partial charge is 0.353 e. The van der Waals surface area contributed by atoms with Gasteiger partial charge in [-0.1, -0.05) is 53.4 Å². The van der Waals surface area contributed by atoms with Crippen molar-refractivity contribution < 1.29 is 4.79 Å². The predicted molar refractivity (Wildman–Crippen MR) is 99.6 cm³/mol. The van der Waals surface area contributed by atoms with Gasteiger partial charge >= 0.3 is 0 Å². The molecule has 1 amide bonds. The minimum Gasteiger partial charge on any atom is -0.353 e. The molecule has 0 aliphatic carbocycles. The number of hydrogen-bond acceptors (Lipinski definition) is 2. The maximum atomic E-state index is 12.4. The number of rotatable bonds is 9. The van der Waals surface area contributed by atoms with Gasteiger partial charge in [0.2, 0.25) is 5.91 Å². The molecule has 4 atom stereocenters. The van der Waals surface area contributed by atoms with E-state index >= 15 is 0 Å². The molecular weight excluding hydrogens is 284 g/mol. The number of hydrogen-bond donors (Lipinski definition) is 2. The van der Waals surface area contributed by atoms with Crippen molar-refractivity contribution in [2.45, 2.75) is 116 Å². The Kier molecular flexibility index (Phi) is 8.06. The summed E-state index contributed by atoms with van der Waals surface area (Å²) in [5.41, 5.74) is 0.221. The molecule has 4 unspecified atom stereocenters. The molecule has 0 saturated carbocycles.